The van der Waals surface area contributed by atoms with Crippen LogP contribution in [0, 0.1) is 13.0 Å². The Morgan fingerprint density at radius 1 is 1.50 bits per heavy atom. The molecule has 0 rings (SSSR count). The zero-order valence-electron chi connectivity index (χ0n) is 4.02. The minimum absolute atomic E-state index is 0.788. The number of aliphatic hydroxyl groups is 1. The van der Waals surface area contributed by atoms with Gasteiger partial charge in [0.15, 0.2) is 0 Å². The van der Waals surface area contributed by atoms with Crippen LogP contribution in [0.15, 0.2) is 0 Å². The predicted octanol–water partition coefficient (Wildman–Crippen LogP) is 1.53. The van der Waals surface area contributed by atoms with Gasteiger partial charge in [-0.1, -0.05) is 6.92 Å². The molecule has 2 radical (unpaired) electrons. The van der Waals surface area contributed by atoms with Gasteiger partial charge in [-0.25, -0.2) is 0 Å². The van der Waals surface area contributed by atoms with E-state index in [1.165, 1.54) is 6.61 Å². The molecule has 0 aliphatic heterocycles. The minimum Gasteiger partial charge on any atom is -0.390 e. The molecule has 1 heteroatoms. The van der Waals surface area contributed by atoms with Crippen LogP contribution >= 0.6 is 0 Å². The van der Waals surface area contributed by atoms with E-state index in [4.69, 9.17) is 5.11 Å². The van der Waals surface area contributed by atoms with Gasteiger partial charge in [0.25, 0.3) is 0 Å². The van der Waals surface area contributed by atoms with Crippen LogP contribution in [-0.2, 0) is 0 Å². The van der Waals surface area contributed by atoms with Crippen molar-refractivity contribution in [3.8, 4) is 0 Å². The van der Waals surface area contributed by atoms with Gasteiger partial charge in [-0.2, -0.15) is 0 Å². The molecule has 0 spiro atoms. The van der Waals surface area contributed by atoms with Crippen LogP contribution in [0.25, 0.3) is 0 Å². The number of unbranched alkanes of at least 4 members (excludes halogenated alkanes) is 2. The maximum Gasteiger partial charge on any atom is 0.0799 e. The maximum absolute atomic E-state index is 8.05. The van der Waals surface area contributed by atoms with Crippen molar-refractivity contribution in [1.82, 2.24) is 0 Å². The number of hydrogen-bond acceptors (Lipinski definition) is 1. The second-order valence-corrected chi connectivity index (χ2v) is 1.17. The summed E-state index contributed by atoms with van der Waals surface area (Å²) in [5.41, 5.74) is 0. The third kappa shape index (κ3) is 3.96. The predicted molar refractivity (Wildman–Crippen MR) is 25.4 cm³/mol. The highest BCUT2D eigenvalue weighted by Gasteiger charge is 1.77. The molecule has 0 bridgehead atoms. The molecular formula is C5H10O. The number of hydrogen-bond donors (Lipinski definition) is 1. The molecule has 0 saturated heterocycles. The van der Waals surface area contributed by atoms with Crippen molar-refractivity contribution in [3.63, 3.8) is 0 Å². The van der Waals surface area contributed by atoms with Crippen LogP contribution in [0.5, 0.6) is 0 Å². The van der Waals surface area contributed by atoms with E-state index in [9.17, 15) is 0 Å². The monoisotopic (exact) mass is 86.1 g/mol. The van der Waals surface area contributed by atoms with Gasteiger partial charge in [-0.15, -0.1) is 0 Å². The van der Waals surface area contributed by atoms with Crippen molar-refractivity contribution in [2.75, 3.05) is 0 Å². The summed E-state index contributed by atoms with van der Waals surface area (Å²) in [6.07, 6.45) is 3.79. The van der Waals surface area contributed by atoms with Crippen molar-refractivity contribution in [2.24, 2.45) is 0 Å². The molecule has 0 aliphatic rings. The van der Waals surface area contributed by atoms with Crippen molar-refractivity contribution in [2.45, 2.75) is 19.8 Å². The molecule has 0 aromatic heterocycles. The van der Waals surface area contributed by atoms with Crippen LogP contribution in [0.1, 0.15) is 19.8 Å². The summed E-state index contributed by atoms with van der Waals surface area (Å²) in [5, 5.41) is 8.05. The lowest BCUT2D eigenvalue weighted by Crippen LogP contribution is -1.71. The largest absolute Gasteiger partial charge is 0.390 e. The van der Waals surface area contributed by atoms with Gasteiger partial charge in [0.05, 0.1) is 6.61 Å². The normalized spacial score (nSPS) is 9.00. The molecule has 1 N–H and O–H groups in total. The third-order valence-electron chi connectivity index (χ3n) is 0.584. The molecule has 0 saturated carbocycles. The lowest BCUT2D eigenvalue weighted by Gasteiger charge is -1.84. The fraction of sp³-hybridized carbons (Fsp3) is 0.600. The third-order valence-corrected chi connectivity index (χ3v) is 0.584. The zero-order chi connectivity index (χ0) is 4.83. The molecule has 6 heavy (non-hydrogen) atoms. The molecule has 0 aromatic carbocycles. The number of rotatable bonds is 3. The highest BCUT2D eigenvalue weighted by molar-refractivity contribution is 4.57. The average Bonchev–Trinajstić information content (AvgIpc) is 1.61. The summed E-state index contributed by atoms with van der Waals surface area (Å²) >= 11 is 0. The first kappa shape index (κ1) is 5.96. The van der Waals surface area contributed by atoms with E-state index in [0.29, 0.717) is 0 Å². The van der Waals surface area contributed by atoms with E-state index < -0.39 is 0 Å². The fourth-order valence-corrected chi connectivity index (χ4v) is 0.241. The van der Waals surface area contributed by atoms with E-state index in [-0.39, 0.29) is 0 Å². The summed E-state index contributed by atoms with van der Waals surface area (Å²) in [4.78, 5) is 0. The molecule has 1 nitrogen and oxygen atoms in total. The SMILES string of the molecule is C[CH]CC[CH]O. The first-order valence-corrected chi connectivity index (χ1v) is 2.15. The van der Waals surface area contributed by atoms with Crippen molar-refractivity contribution < 1.29 is 5.11 Å². The standard InChI is InChI=1S/C5H10O/c1-2-3-4-5-6/h2,5-6H,3-4H2,1H3. The first-order valence-electron chi connectivity index (χ1n) is 2.15. The maximum atomic E-state index is 8.05. The van der Waals surface area contributed by atoms with Crippen LogP contribution in [0.2, 0.25) is 0 Å². The van der Waals surface area contributed by atoms with E-state index >= 15 is 0 Å². The van der Waals surface area contributed by atoms with Crippen molar-refractivity contribution in [3.05, 3.63) is 13.0 Å². The Morgan fingerprint density at radius 3 is 2.33 bits per heavy atom. The Morgan fingerprint density at radius 2 is 2.17 bits per heavy atom. The molecule has 36 valence electrons. The molecule has 0 heterocycles. The van der Waals surface area contributed by atoms with E-state index in [1.807, 2.05) is 13.3 Å². The Bertz CT molecular complexity index is 15.9. The summed E-state index contributed by atoms with van der Waals surface area (Å²) in [6.45, 7) is 3.16. The van der Waals surface area contributed by atoms with Gasteiger partial charge in [-0.3, -0.25) is 0 Å². The summed E-state index contributed by atoms with van der Waals surface area (Å²) in [7, 11) is 0. The van der Waals surface area contributed by atoms with Gasteiger partial charge in [0.2, 0.25) is 0 Å². The fourth-order valence-electron chi connectivity index (χ4n) is 0.241. The lowest BCUT2D eigenvalue weighted by atomic mass is 10.3. The molecule has 0 atom stereocenters. The van der Waals surface area contributed by atoms with E-state index in [0.717, 1.165) is 12.8 Å². The summed E-state index contributed by atoms with van der Waals surface area (Å²) in [5.74, 6) is 0. The molecule has 0 aromatic rings. The van der Waals surface area contributed by atoms with Gasteiger partial charge in [0.1, 0.15) is 0 Å². The first-order chi connectivity index (χ1) is 2.91. The van der Waals surface area contributed by atoms with Gasteiger partial charge in [0, 0.05) is 0 Å². The Labute approximate surface area is 39.0 Å². The van der Waals surface area contributed by atoms with E-state index in [1.54, 1.807) is 0 Å². The van der Waals surface area contributed by atoms with Crippen molar-refractivity contribution in [1.29, 1.82) is 0 Å². The molecule has 0 fully saturated rings. The summed E-state index contributed by atoms with van der Waals surface area (Å²) in [6, 6.07) is 0. The highest BCUT2D eigenvalue weighted by Crippen LogP contribution is 1.91. The Kier molecular flexibility index (Phi) is 4.93. The van der Waals surface area contributed by atoms with Crippen LogP contribution in [0.4, 0.5) is 0 Å². The van der Waals surface area contributed by atoms with Crippen LogP contribution in [0.3, 0.4) is 0 Å². The van der Waals surface area contributed by atoms with Gasteiger partial charge in [-0.05, 0) is 19.3 Å². The molecule has 0 aliphatic carbocycles. The summed E-state index contributed by atoms with van der Waals surface area (Å²) < 4.78 is 0. The van der Waals surface area contributed by atoms with Crippen LogP contribution in [-0.4, -0.2) is 5.11 Å². The second-order valence-electron chi connectivity index (χ2n) is 1.17. The minimum atomic E-state index is 0.788. The molecular weight excluding hydrogens is 76.1 g/mol. The van der Waals surface area contributed by atoms with Crippen molar-refractivity contribution >= 4 is 0 Å². The Hall–Kier alpha value is -0.0400. The highest BCUT2D eigenvalue weighted by atomic mass is 16.2. The lowest BCUT2D eigenvalue weighted by molar-refractivity contribution is 0.374. The molecule has 0 amide bonds. The second kappa shape index (κ2) is 4.96. The van der Waals surface area contributed by atoms with E-state index in [2.05, 4.69) is 0 Å². The average molecular weight is 86.1 g/mol. The topological polar surface area (TPSA) is 20.2 Å². The quantitative estimate of drug-likeness (QED) is 0.516. The van der Waals surface area contributed by atoms with Gasteiger partial charge >= 0.3 is 0 Å². The number of aliphatic hydroxyl groups excluding tert-OH is 1. The molecule has 0 unspecified atom stereocenters. The zero-order valence-corrected chi connectivity index (χ0v) is 4.02. The smallest absolute Gasteiger partial charge is 0.0799 e. The Balaban J connectivity index is 2.34. The van der Waals surface area contributed by atoms with Gasteiger partial charge < -0.3 is 5.11 Å². The van der Waals surface area contributed by atoms with Crippen LogP contribution < -0.4 is 0 Å².